The Bertz CT molecular complexity index is 531. The van der Waals surface area contributed by atoms with E-state index in [9.17, 15) is 13.5 Å². The summed E-state index contributed by atoms with van der Waals surface area (Å²) < 4.78 is 32.0. The Morgan fingerprint density at radius 3 is 2.50 bits per heavy atom. The van der Waals surface area contributed by atoms with Crippen molar-refractivity contribution in [2.24, 2.45) is 0 Å². The van der Waals surface area contributed by atoms with Crippen LogP contribution in [-0.4, -0.2) is 56.0 Å². The lowest BCUT2D eigenvalue weighted by atomic mass is 10.2. The molecule has 0 heterocycles. The Balaban J connectivity index is 2.81. The van der Waals surface area contributed by atoms with Crippen LogP contribution in [0.3, 0.4) is 0 Å². The third kappa shape index (κ3) is 4.45. The van der Waals surface area contributed by atoms with Crippen LogP contribution in [0.25, 0.3) is 0 Å². The topological polar surface area (TPSA) is 70.1 Å². The first kappa shape index (κ1) is 16.9. The minimum Gasteiger partial charge on any atom is -0.497 e. The van der Waals surface area contributed by atoms with Crippen LogP contribution < -0.4 is 4.74 Å². The number of likely N-dealkylation sites (N-methyl/N-ethyl adjacent to an activating group) is 1. The van der Waals surface area contributed by atoms with Gasteiger partial charge in [0.1, 0.15) is 5.75 Å². The molecule has 1 aromatic rings. The van der Waals surface area contributed by atoms with Gasteiger partial charge in [0.2, 0.25) is 0 Å². The van der Waals surface area contributed by atoms with Gasteiger partial charge in [-0.15, -0.1) is 0 Å². The van der Waals surface area contributed by atoms with E-state index < -0.39 is 16.3 Å². The maximum Gasteiger partial charge on any atom is 0.281 e. The molecule has 1 N–H and O–H groups in total. The monoisotopic (exact) mass is 302 g/mol. The van der Waals surface area contributed by atoms with E-state index in [1.807, 2.05) is 12.1 Å². The van der Waals surface area contributed by atoms with Gasteiger partial charge in [0.05, 0.1) is 13.2 Å². The van der Waals surface area contributed by atoms with Crippen molar-refractivity contribution < 1.29 is 18.3 Å². The zero-order chi connectivity index (χ0) is 15.3. The molecular weight excluding hydrogens is 280 g/mol. The van der Waals surface area contributed by atoms with Crippen LogP contribution in [0.1, 0.15) is 12.5 Å². The Morgan fingerprint density at radius 2 is 1.95 bits per heavy atom. The maximum absolute atomic E-state index is 12.2. The van der Waals surface area contributed by atoms with Crippen molar-refractivity contribution >= 4 is 10.2 Å². The second-order valence-electron chi connectivity index (χ2n) is 4.74. The van der Waals surface area contributed by atoms with Gasteiger partial charge in [0, 0.05) is 27.2 Å². The molecule has 0 aromatic heterocycles. The van der Waals surface area contributed by atoms with E-state index in [0.717, 1.165) is 9.87 Å². The van der Waals surface area contributed by atoms with Gasteiger partial charge in [0.15, 0.2) is 0 Å². The van der Waals surface area contributed by atoms with Crippen LogP contribution in [0.2, 0.25) is 0 Å². The highest BCUT2D eigenvalue weighted by Gasteiger charge is 2.24. The van der Waals surface area contributed by atoms with Gasteiger partial charge < -0.3 is 9.84 Å². The van der Waals surface area contributed by atoms with Crippen molar-refractivity contribution in [1.82, 2.24) is 8.61 Å². The highest BCUT2D eigenvalue weighted by molar-refractivity contribution is 7.86. The Morgan fingerprint density at radius 1 is 1.30 bits per heavy atom. The lowest BCUT2D eigenvalue weighted by Crippen LogP contribution is -2.42. The highest BCUT2D eigenvalue weighted by atomic mass is 32.2. The summed E-state index contributed by atoms with van der Waals surface area (Å²) >= 11 is 0. The number of rotatable bonds is 7. The molecule has 0 fully saturated rings. The van der Waals surface area contributed by atoms with Gasteiger partial charge in [-0.25, -0.2) is 0 Å². The molecular formula is C13H22N2O4S. The standard InChI is InChI=1S/C13H22N2O4S/c1-11(16)9-14(2)20(17,18)15(3)10-12-6-5-7-13(8-12)19-4/h5-8,11,16H,9-10H2,1-4H3. The largest absolute Gasteiger partial charge is 0.497 e. The fraction of sp³-hybridized carbons (Fsp3) is 0.538. The molecule has 6 nitrogen and oxygen atoms in total. The normalized spacial score (nSPS) is 13.8. The van der Waals surface area contributed by atoms with Gasteiger partial charge in [-0.2, -0.15) is 17.0 Å². The van der Waals surface area contributed by atoms with E-state index in [-0.39, 0.29) is 13.1 Å². The molecule has 0 radical (unpaired) electrons. The van der Waals surface area contributed by atoms with E-state index >= 15 is 0 Å². The predicted molar refractivity (Wildman–Crippen MR) is 77.7 cm³/mol. The molecule has 1 atom stereocenters. The minimum absolute atomic E-state index is 0.0603. The third-order valence-electron chi connectivity index (χ3n) is 2.85. The van der Waals surface area contributed by atoms with Crippen LogP contribution in [-0.2, 0) is 16.8 Å². The van der Waals surface area contributed by atoms with E-state index in [1.165, 1.54) is 18.4 Å². The molecule has 0 saturated carbocycles. The lowest BCUT2D eigenvalue weighted by Gasteiger charge is -2.25. The first-order chi connectivity index (χ1) is 9.27. The average Bonchev–Trinajstić information content (AvgIpc) is 2.38. The van der Waals surface area contributed by atoms with Gasteiger partial charge in [-0.1, -0.05) is 12.1 Å². The summed E-state index contributed by atoms with van der Waals surface area (Å²) in [7, 11) is 0.935. The van der Waals surface area contributed by atoms with E-state index in [0.29, 0.717) is 5.75 Å². The van der Waals surface area contributed by atoms with Crippen LogP contribution in [0, 0.1) is 0 Å². The fourth-order valence-corrected chi connectivity index (χ4v) is 3.01. The second-order valence-corrected chi connectivity index (χ2v) is 6.89. The number of nitrogens with zero attached hydrogens (tertiary/aromatic N) is 2. The van der Waals surface area contributed by atoms with Crippen molar-refractivity contribution in [3.05, 3.63) is 29.8 Å². The van der Waals surface area contributed by atoms with Crippen molar-refractivity contribution in [3.8, 4) is 5.75 Å². The third-order valence-corrected chi connectivity index (χ3v) is 4.70. The number of hydrogen-bond donors (Lipinski definition) is 1. The molecule has 0 aliphatic heterocycles. The first-order valence-corrected chi connectivity index (χ1v) is 7.65. The summed E-state index contributed by atoms with van der Waals surface area (Å²) in [5.74, 6) is 0.686. The number of hydrogen-bond acceptors (Lipinski definition) is 4. The molecule has 1 unspecified atom stereocenters. The quantitative estimate of drug-likeness (QED) is 0.804. The van der Waals surface area contributed by atoms with Crippen LogP contribution in [0.4, 0.5) is 0 Å². The summed E-state index contributed by atoms with van der Waals surface area (Å²) in [6, 6.07) is 7.25. The van der Waals surface area contributed by atoms with Gasteiger partial charge >= 0.3 is 0 Å². The molecule has 0 amide bonds. The number of aliphatic hydroxyl groups is 1. The number of ether oxygens (including phenoxy) is 1. The van der Waals surface area contributed by atoms with E-state index in [1.54, 1.807) is 26.2 Å². The fourth-order valence-electron chi connectivity index (χ4n) is 1.81. The molecule has 0 saturated heterocycles. The van der Waals surface area contributed by atoms with E-state index in [4.69, 9.17) is 4.74 Å². The molecule has 0 spiro atoms. The maximum atomic E-state index is 12.2. The van der Waals surface area contributed by atoms with Gasteiger partial charge in [-0.3, -0.25) is 0 Å². The number of aliphatic hydroxyl groups excluding tert-OH is 1. The van der Waals surface area contributed by atoms with Gasteiger partial charge in [-0.05, 0) is 24.6 Å². The smallest absolute Gasteiger partial charge is 0.281 e. The summed E-state index contributed by atoms with van der Waals surface area (Å²) in [5.41, 5.74) is 0.834. The molecule has 0 bridgehead atoms. The zero-order valence-corrected chi connectivity index (χ0v) is 13.1. The highest BCUT2D eigenvalue weighted by Crippen LogP contribution is 2.16. The zero-order valence-electron chi connectivity index (χ0n) is 12.3. The second kappa shape index (κ2) is 7.03. The Kier molecular flexibility index (Phi) is 5.94. The number of benzene rings is 1. The predicted octanol–water partition coefficient (Wildman–Crippen LogP) is 0.684. The Hall–Kier alpha value is -1.15. The molecule has 20 heavy (non-hydrogen) atoms. The van der Waals surface area contributed by atoms with Crippen LogP contribution in [0.15, 0.2) is 24.3 Å². The van der Waals surface area contributed by atoms with Gasteiger partial charge in [0.25, 0.3) is 10.2 Å². The SMILES string of the molecule is COc1cccc(CN(C)S(=O)(=O)N(C)CC(C)O)c1. The summed E-state index contributed by atoms with van der Waals surface area (Å²) in [5, 5.41) is 9.28. The molecule has 0 aliphatic rings. The molecule has 7 heteroatoms. The number of methoxy groups -OCH3 is 1. The summed E-state index contributed by atoms with van der Waals surface area (Å²) in [4.78, 5) is 0. The molecule has 0 aliphatic carbocycles. The molecule has 114 valence electrons. The summed E-state index contributed by atoms with van der Waals surface area (Å²) in [6.07, 6.45) is -0.708. The van der Waals surface area contributed by atoms with Crippen molar-refractivity contribution in [3.63, 3.8) is 0 Å². The first-order valence-electron chi connectivity index (χ1n) is 6.26. The van der Waals surface area contributed by atoms with Crippen LogP contribution >= 0.6 is 0 Å². The summed E-state index contributed by atoms with van der Waals surface area (Å²) in [6.45, 7) is 1.85. The van der Waals surface area contributed by atoms with E-state index in [2.05, 4.69) is 0 Å². The molecule has 1 rings (SSSR count). The molecule has 1 aromatic carbocycles. The lowest BCUT2D eigenvalue weighted by molar-refractivity contribution is 0.168. The van der Waals surface area contributed by atoms with Crippen molar-refractivity contribution in [2.45, 2.75) is 19.6 Å². The average molecular weight is 302 g/mol. The van der Waals surface area contributed by atoms with Crippen molar-refractivity contribution in [2.75, 3.05) is 27.7 Å². The van der Waals surface area contributed by atoms with Crippen LogP contribution in [0.5, 0.6) is 5.75 Å². The minimum atomic E-state index is -3.59. The Labute approximate surface area is 120 Å². The van der Waals surface area contributed by atoms with Crippen molar-refractivity contribution in [1.29, 1.82) is 0 Å².